The summed E-state index contributed by atoms with van der Waals surface area (Å²) in [6.45, 7) is 7.51. The Morgan fingerprint density at radius 2 is 2.05 bits per heavy atom. The van der Waals surface area contributed by atoms with E-state index in [1.54, 1.807) is 6.20 Å². The molecule has 0 amide bonds. The number of aromatic nitrogens is 3. The van der Waals surface area contributed by atoms with Gasteiger partial charge in [0.25, 0.3) is 0 Å². The van der Waals surface area contributed by atoms with Crippen molar-refractivity contribution in [2.45, 2.75) is 19.9 Å². The van der Waals surface area contributed by atoms with Gasteiger partial charge in [0.1, 0.15) is 5.52 Å². The second-order valence-electron chi connectivity index (χ2n) is 5.19. The lowest BCUT2D eigenvalue weighted by molar-refractivity contribution is 0.231. The van der Waals surface area contributed by atoms with Gasteiger partial charge in [-0.05, 0) is 19.9 Å². The van der Waals surface area contributed by atoms with Crippen molar-refractivity contribution < 1.29 is 0 Å². The molecule has 104 valence electrons. The Morgan fingerprint density at radius 1 is 1.30 bits per heavy atom. The Kier molecular flexibility index (Phi) is 3.28. The van der Waals surface area contributed by atoms with Gasteiger partial charge in [-0.25, -0.2) is 9.50 Å². The minimum absolute atomic E-state index is 0.0156. The van der Waals surface area contributed by atoms with Gasteiger partial charge in [-0.15, -0.1) is 0 Å². The fraction of sp³-hybridized carbons (Fsp3) is 0.500. The van der Waals surface area contributed by atoms with Crippen LogP contribution in [0.2, 0.25) is 0 Å². The monoisotopic (exact) mass is 270 g/mol. The molecule has 2 aromatic rings. The van der Waals surface area contributed by atoms with Crippen molar-refractivity contribution in [1.82, 2.24) is 19.5 Å². The van der Waals surface area contributed by atoms with Crippen LogP contribution in [0.15, 0.2) is 18.5 Å². The Hall–Kier alpha value is -2.13. The normalized spacial score (nSPS) is 18.1. The van der Waals surface area contributed by atoms with Crippen molar-refractivity contribution >= 4 is 11.3 Å². The Balaban J connectivity index is 1.82. The van der Waals surface area contributed by atoms with Gasteiger partial charge in [0.05, 0.1) is 17.8 Å². The van der Waals surface area contributed by atoms with E-state index >= 15 is 0 Å². The maximum atomic E-state index is 8.98. The van der Waals surface area contributed by atoms with Crippen LogP contribution >= 0.6 is 0 Å². The zero-order valence-corrected chi connectivity index (χ0v) is 11.8. The van der Waals surface area contributed by atoms with E-state index in [4.69, 9.17) is 5.26 Å². The Labute approximate surface area is 118 Å². The maximum Gasteiger partial charge on any atom is 0.154 e. The molecule has 0 radical (unpaired) electrons. The largest absolute Gasteiger partial charge is 0.352 e. The molecule has 6 nitrogen and oxygen atoms in total. The lowest BCUT2D eigenvalue weighted by Gasteiger charge is -2.36. The van der Waals surface area contributed by atoms with Crippen LogP contribution in [0.1, 0.15) is 12.6 Å². The average molecular weight is 270 g/mol. The number of hydrogen-bond acceptors (Lipinski definition) is 5. The quantitative estimate of drug-likeness (QED) is 0.817. The van der Waals surface area contributed by atoms with Crippen molar-refractivity contribution in [1.29, 1.82) is 5.26 Å². The zero-order valence-electron chi connectivity index (χ0n) is 11.8. The van der Waals surface area contributed by atoms with Crippen molar-refractivity contribution in [2.75, 3.05) is 31.1 Å². The van der Waals surface area contributed by atoms with Gasteiger partial charge < -0.3 is 4.90 Å². The minimum atomic E-state index is -0.0156. The zero-order chi connectivity index (χ0) is 14.1. The molecule has 3 heterocycles. The molecule has 2 aromatic heterocycles. The smallest absolute Gasteiger partial charge is 0.154 e. The van der Waals surface area contributed by atoms with Crippen LogP contribution < -0.4 is 4.90 Å². The topological polar surface area (TPSA) is 60.5 Å². The number of anilines is 1. The van der Waals surface area contributed by atoms with Crippen molar-refractivity contribution in [3.05, 3.63) is 24.2 Å². The standard InChI is InChI=1S/C14H18N6/c1-11-9-13-14(16-3-4-20(13)17-11)19-7-5-18(6-8-19)12(2)10-15/h3-4,9,12H,5-8H2,1-2H3. The van der Waals surface area contributed by atoms with Crippen LogP contribution in [0.3, 0.4) is 0 Å². The second kappa shape index (κ2) is 5.10. The third-order valence-corrected chi connectivity index (χ3v) is 3.84. The fourth-order valence-electron chi connectivity index (χ4n) is 2.68. The van der Waals surface area contributed by atoms with Gasteiger partial charge in [-0.2, -0.15) is 10.4 Å². The van der Waals surface area contributed by atoms with Crippen molar-refractivity contribution in [3.63, 3.8) is 0 Å². The first-order chi connectivity index (χ1) is 9.69. The van der Waals surface area contributed by atoms with E-state index in [1.807, 2.05) is 24.6 Å². The lowest BCUT2D eigenvalue weighted by atomic mass is 10.2. The van der Waals surface area contributed by atoms with Crippen LogP contribution in [0.4, 0.5) is 5.82 Å². The van der Waals surface area contributed by atoms with E-state index in [1.165, 1.54) is 0 Å². The predicted octanol–water partition coefficient (Wildman–Crippen LogP) is 1.07. The molecule has 0 aliphatic carbocycles. The number of aryl methyl sites for hydroxylation is 1. The Bertz CT molecular complexity index is 647. The van der Waals surface area contributed by atoms with Crippen LogP contribution in [0, 0.1) is 18.3 Å². The molecule has 3 rings (SSSR count). The number of piperazine rings is 1. The van der Waals surface area contributed by atoms with Gasteiger partial charge in [-0.1, -0.05) is 0 Å². The minimum Gasteiger partial charge on any atom is -0.352 e. The summed E-state index contributed by atoms with van der Waals surface area (Å²) < 4.78 is 1.88. The van der Waals surface area contributed by atoms with Gasteiger partial charge in [0.2, 0.25) is 0 Å². The Morgan fingerprint density at radius 3 is 2.75 bits per heavy atom. The third kappa shape index (κ3) is 2.21. The summed E-state index contributed by atoms with van der Waals surface area (Å²) in [7, 11) is 0. The summed E-state index contributed by atoms with van der Waals surface area (Å²) in [5.41, 5.74) is 2.04. The lowest BCUT2D eigenvalue weighted by Crippen LogP contribution is -2.49. The van der Waals surface area contributed by atoms with E-state index < -0.39 is 0 Å². The highest BCUT2D eigenvalue weighted by molar-refractivity contribution is 5.69. The molecule has 20 heavy (non-hydrogen) atoms. The molecular weight excluding hydrogens is 252 g/mol. The third-order valence-electron chi connectivity index (χ3n) is 3.84. The molecule has 0 aromatic carbocycles. The van der Waals surface area contributed by atoms with E-state index in [9.17, 15) is 0 Å². The fourth-order valence-corrected chi connectivity index (χ4v) is 2.68. The molecule has 1 unspecified atom stereocenters. The highest BCUT2D eigenvalue weighted by Gasteiger charge is 2.23. The summed E-state index contributed by atoms with van der Waals surface area (Å²) in [5.74, 6) is 0.984. The molecule has 1 atom stereocenters. The second-order valence-corrected chi connectivity index (χ2v) is 5.19. The predicted molar refractivity (Wildman–Crippen MR) is 76.6 cm³/mol. The molecule has 0 spiro atoms. The van der Waals surface area contributed by atoms with Gasteiger partial charge in [0, 0.05) is 38.6 Å². The first-order valence-corrected chi connectivity index (χ1v) is 6.88. The molecule has 1 aliphatic heterocycles. The molecule has 0 N–H and O–H groups in total. The number of hydrogen-bond donors (Lipinski definition) is 0. The van der Waals surface area contributed by atoms with Crippen LogP contribution in [0.25, 0.3) is 5.52 Å². The summed E-state index contributed by atoms with van der Waals surface area (Å²) in [4.78, 5) is 9.00. The summed E-state index contributed by atoms with van der Waals surface area (Å²) in [6.07, 6.45) is 3.67. The maximum absolute atomic E-state index is 8.98. The van der Waals surface area contributed by atoms with Gasteiger partial charge in [0.15, 0.2) is 5.82 Å². The summed E-state index contributed by atoms with van der Waals surface area (Å²) in [6, 6.07) is 4.35. The van der Waals surface area contributed by atoms with Crippen LogP contribution in [-0.2, 0) is 0 Å². The summed E-state index contributed by atoms with van der Waals surface area (Å²) in [5, 5.41) is 13.4. The highest BCUT2D eigenvalue weighted by Crippen LogP contribution is 2.21. The molecule has 1 saturated heterocycles. The van der Waals surface area contributed by atoms with Gasteiger partial charge >= 0.3 is 0 Å². The van der Waals surface area contributed by atoms with Crippen LogP contribution in [-0.4, -0.2) is 51.7 Å². The van der Waals surface area contributed by atoms with Crippen molar-refractivity contribution in [3.8, 4) is 6.07 Å². The average Bonchev–Trinajstić information content (AvgIpc) is 2.86. The number of nitriles is 1. The van der Waals surface area contributed by atoms with E-state index in [0.717, 1.165) is 43.2 Å². The van der Waals surface area contributed by atoms with E-state index in [2.05, 4.69) is 32.0 Å². The van der Waals surface area contributed by atoms with Crippen LogP contribution in [0.5, 0.6) is 0 Å². The molecule has 0 saturated carbocycles. The summed E-state index contributed by atoms with van der Waals surface area (Å²) >= 11 is 0. The first-order valence-electron chi connectivity index (χ1n) is 6.88. The van der Waals surface area contributed by atoms with Crippen molar-refractivity contribution in [2.24, 2.45) is 0 Å². The van der Waals surface area contributed by atoms with E-state index in [-0.39, 0.29) is 6.04 Å². The number of rotatable bonds is 2. The highest BCUT2D eigenvalue weighted by atomic mass is 15.3. The molecule has 1 fully saturated rings. The molecular formula is C14H18N6. The van der Waals surface area contributed by atoms with Gasteiger partial charge in [-0.3, -0.25) is 4.90 Å². The molecule has 1 aliphatic rings. The molecule has 0 bridgehead atoms. The SMILES string of the molecule is Cc1cc2c(N3CCN(C(C)C#N)CC3)nccn2n1. The number of nitrogens with zero attached hydrogens (tertiary/aromatic N) is 6. The molecule has 6 heteroatoms. The first kappa shape index (κ1) is 12.9. The number of fused-ring (bicyclic) bond motifs is 1. The van der Waals surface area contributed by atoms with E-state index in [0.29, 0.717) is 0 Å².